The summed E-state index contributed by atoms with van der Waals surface area (Å²) in [5.74, 6) is -3.92. The SMILES string of the molecule is CCCCCCCNC(=O)NCCCC[C@H](NC(=O)N[C@@H](CCC(=O)O)C(=O)O)C(=O)O. The second-order valence-corrected chi connectivity index (χ2v) is 7.42. The van der Waals surface area contributed by atoms with Crippen molar-refractivity contribution in [1.29, 1.82) is 0 Å². The van der Waals surface area contributed by atoms with Crippen molar-refractivity contribution in [1.82, 2.24) is 21.3 Å². The second-order valence-electron chi connectivity index (χ2n) is 7.42. The Labute approximate surface area is 187 Å². The number of carbonyl (C=O) groups excluding carboxylic acids is 2. The summed E-state index contributed by atoms with van der Waals surface area (Å²) in [6.45, 7) is 3.07. The predicted molar refractivity (Wildman–Crippen MR) is 115 cm³/mol. The molecule has 184 valence electrons. The molecule has 0 rings (SSSR count). The third-order valence-electron chi connectivity index (χ3n) is 4.62. The molecule has 0 heterocycles. The zero-order chi connectivity index (χ0) is 24.4. The summed E-state index contributed by atoms with van der Waals surface area (Å²) in [6, 6.07) is -3.99. The third-order valence-corrected chi connectivity index (χ3v) is 4.62. The van der Waals surface area contributed by atoms with Gasteiger partial charge in [-0.3, -0.25) is 4.79 Å². The smallest absolute Gasteiger partial charge is 0.326 e. The van der Waals surface area contributed by atoms with E-state index in [4.69, 9.17) is 10.2 Å². The lowest BCUT2D eigenvalue weighted by Gasteiger charge is -2.18. The molecule has 0 aromatic rings. The Hall–Kier alpha value is -3.05. The number of nitrogens with one attached hydrogen (secondary N) is 4. The van der Waals surface area contributed by atoms with Crippen LogP contribution >= 0.6 is 0 Å². The van der Waals surface area contributed by atoms with Crippen molar-refractivity contribution in [3.63, 3.8) is 0 Å². The van der Waals surface area contributed by atoms with Crippen LogP contribution in [0.25, 0.3) is 0 Å². The van der Waals surface area contributed by atoms with E-state index in [2.05, 4.69) is 28.2 Å². The first-order valence-corrected chi connectivity index (χ1v) is 10.9. The maximum Gasteiger partial charge on any atom is 0.326 e. The number of carbonyl (C=O) groups is 5. The van der Waals surface area contributed by atoms with Crippen molar-refractivity contribution in [3.05, 3.63) is 0 Å². The molecule has 32 heavy (non-hydrogen) atoms. The summed E-state index contributed by atoms with van der Waals surface area (Å²) in [4.78, 5) is 56.6. The number of urea groups is 2. The number of hydrogen-bond donors (Lipinski definition) is 7. The normalized spacial score (nSPS) is 12.3. The summed E-state index contributed by atoms with van der Waals surface area (Å²) in [7, 11) is 0. The van der Waals surface area contributed by atoms with Gasteiger partial charge < -0.3 is 36.6 Å². The van der Waals surface area contributed by atoms with Crippen LogP contribution in [-0.4, -0.2) is 70.5 Å². The van der Waals surface area contributed by atoms with Gasteiger partial charge in [0.2, 0.25) is 0 Å². The van der Waals surface area contributed by atoms with E-state index in [1.165, 1.54) is 6.42 Å². The maximum atomic E-state index is 11.9. The first-order valence-electron chi connectivity index (χ1n) is 10.9. The number of hydrogen-bond acceptors (Lipinski definition) is 5. The quantitative estimate of drug-likeness (QED) is 0.149. The van der Waals surface area contributed by atoms with E-state index in [0.717, 1.165) is 25.7 Å². The van der Waals surface area contributed by atoms with Crippen LogP contribution in [0.1, 0.15) is 71.1 Å². The van der Waals surface area contributed by atoms with Gasteiger partial charge in [0.15, 0.2) is 0 Å². The molecule has 0 fully saturated rings. The van der Waals surface area contributed by atoms with Crippen molar-refractivity contribution in [2.24, 2.45) is 0 Å². The molecule has 4 amide bonds. The van der Waals surface area contributed by atoms with Gasteiger partial charge in [0.1, 0.15) is 12.1 Å². The van der Waals surface area contributed by atoms with E-state index in [-0.39, 0.29) is 18.9 Å². The van der Waals surface area contributed by atoms with Crippen LogP contribution in [0.3, 0.4) is 0 Å². The van der Waals surface area contributed by atoms with E-state index >= 15 is 0 Å². The number of unbranched alkanes of at least 4 members (excludes halogenated alkanes) is 5. The fourth-order valence-corrected chi connectivity index (χ4v) is 2.81. The highest BCUT2D eigenvalue weighted by molar-refractivity contribution is 5.86. The van der Waals surface area contributed by atoms with Crippen molar-refractivity contribution < 1.29 is 39.3 Å². The largest absolute Gasteiger partial charge is 0.481 e. The van der Waals surface area contributed by atoms with Crippen LogP contribution in [0.2, 0.25) is 0 Å². The van der Waals surface area contributed by atoms with Crippen LogP contribution < -0.4 is 21.3 Å². The van der Waals surface area contributed by atoms with Gasteiger partial charge >= 0.3 is 30.0 Å². The summed E-state index contributed by atoms with van der Waals surface area (Å²) >= 11 is 0. The Morgan fingerprint density at radius 2 is 1.16 bits per heavy atom. The topological polar surface area (TPSA) is 194 Å². The molecule has 0 saturated carbocycles. The molecule has 0 aromatic carbocycles. The molecule has 12 nitrogen and oxygen atoms in total. The molecular weight excluding hydrogens is 424 g/mol. The lowest BCUT2D eigenvalue weighted by molar-refractivity contribution is -0.140. The van der Waals surface area contributed by atoms with Crippen LogP contribution in [0, 0.1) is 0 Å². The van der Waals surface area contributed by atoms with E-state index in [1.807, 2.05) is 0 Å². The Morgan fingerprint density at radius 1 is 0.656 bits per heavy atom. The lowest BCUT2D eigenvalue weighted by Crippen LogP contribution is -2.51. The molecule has 0 bridgehead atoms. The van der Waals surface area contributed by atoms with E-state index in [0.29, 0.717) is 25.9 Å². The highest BCUT2D eigenvalue weighted by Gasteiger charge is 2.24. The molecule has 0 aliphatic heterocycles. The molecule has 0 aromatic heterocycles. The minimum absolute atomic E-state index is 0.0797. The van der Waals surface area contributed by atoms with Gasteiger partial charge in [0, 0.05) is 19.5 Å². The van der Waals surface area contributed by atoms with E-state index in [9.17, 15) is 29.1 Å². The molecule has 2 atom stereocenters. The van der Waals surface area contributed by atoms with Crippen LogP contribution in [-0.2, 0) is 14.4 Å². The van der Waals surface area contributed by atoms with Gasteiger partial charge in [-0.25, -0.2) is 19.2 Å². The van der Waals surface area contributed by atoms with Crippen LogP contribution in [0.15, 0.2) is 0 Å². The molecule has 0 aliphatic rings. The van der Waals surface area contributed by atoms with Crippen molar-refractivity contribution in [2.45, 2.75) is 83.2 Å². The van der Waals surface area contributed by atoms with Gasteiger partial charge in [-0.15, -0.1) is 0 Å². The monoisotopic (exact) mass is 460 g/mol. The highest BCUT2D eigenvalue weighted by atomic mass is 16.4. The number of rotatable bonds is 18. The Morgan fingerprint density at radius 3 is 1.66 bits per heavy atom. The molecule has 0 radical (unpaired) electrons. The molecular formula is C20H36N4O8. The van der Waals surface area contributed by atoms with E-state index in [1.54, 1.807) is 0 Å². The Kier molecular flexibility index (Phi) is 15.9. The number of amides is 4. The van der Waals surface area contributed by atoms with Crippen molar-refractivity contribution in [3.8, 4) is 0 Å². The Bertz CT molecular complexity index is 614. The van der Waals surface area contributed by atoms with Gasteiger partial charge in [-0.05, 0) is 32.1 Å². The average molecular weight is 461 g/mol. The summed E-state index contributed by atoms with van der Waals surface area (Å²) < 4.78 is 0. The molecule has 12 heteroatoms. The third kappa shape index (κ3) is 15.7. The summed E-state index contributed by atoms with van der Waals surface area (Å²) in [5, 5.41) is 36.6. The lowest BCUT2D eigenvalue weighted by atomic mass is 10.1. The number of carboxylic acids is 3. The standard InChI is InChI=1S/C20H36N4O8/c1-2-3-4-5-7-12-21-19(31)22-13-8-6-9-14(17(27)28)23-20(32)24-15(18(29)30)10-11-16(25)26/h14-15H,2-13H2,1H3,(H,25,26)(H,27,28)(H,29,30)(H2,21,22,31)(H2,23,24,32)/t14-,15-/m0/s1. The van der Waals surface area contributed by atoms with Gasteiger partial charge in [0.05, 0.1) is 0 Å². The fraction of sp³-hybridized carbons (Fsp3) is 0.750. The molecule has 7 N–H and O–H groups in total. The summed E-state index contributed by atoms with van der Waals surface area (Å²) in [6.07, 6.45) is 5.66. The van der Waals surface area contributed by atoms with Gasteiger partial charge in [-0.2, -0.15) is 0 Å². The first kappa shape index (κ1) is 28.9. The minimum Gasteiger partial charge on any atom is -0.481 e. The van der Waals surface area contributed by atoms with Crippen molar-refractivity contribution >= 4 is 30.0 Å². The molecule has 0 aliphatic carbocycles. The van der Waals surface area contributed by atoms with Crippen LogP contribution in [0.5, 0.6) is 0 Å². The summed E-state index contributed by atoms with van der Waals surface area (Å²) in [5.41, 5.74) is 0. The second kappa shape index (κ2) is 17.6. The number of aliphatic carboxylic acids is 3. The average Bonchev–Trinajstić information content (AvgIpc) is 2.71. The molecule has 0 unspecified atom stereocenters. The fourth-order valence-electron chi connectivity index (χ4n) is 2.81. The van der Waals surface area contributed by atoms with Gasteiger partial charge in [-0.1, -0.05) is 32.6 Å². The van der Waals surface area contributed by atoms with Crippen molar-refractivity contribution in [2.75, 3.05) is 13.1 Å². The zero-order valence-electron chi connectivity index (χ0n) is 18.5. The Balaban J connectivity index is 4.14. The maximum absolute atomic E-state index is 11.9. The molecule has 0 spiro atoms. The zero-order valence-corrected chi connectivity index (χ0v) is 18.5. The number of carboxylic acid groups (broad SMARTS) is 3. The van der Waals surface area contributed by atoms with E-state index < -0.39 is 42.4 Å². The highest BCUT2D eigenvalue weighted by Crippen LogP contribution is 2.03. The first-order chi connectivity index (χ1) is 15.2. The van der Waals surface area contributed by atoms with Crippen LogP contribution in [0.4, 0.5) is 9.59 Å². The molecule has 0 saturated heterocycles. The van der Waals surface area contributed by atoms with Gasteiger partial charge in [0.25, 0.3) is 0 Å². The minimum atomic E-state index is -1.45. The predicted octanol–water partition coefficient (Wildman–Crippen LogP) is 1.50.